The number of hydrogen-bond donors (Lipinski definition) is 4. The van der Waals surface area contributed by atoms with Gasteiger partial charge in [-0.05, 0) is 44.5 Å². The number of fused-ring (bicyclic) bond motifs is 3. The van der Waals surface area contributed by atoms with Crippen molar-refractivity contribution in [2.75, 3.05) is 14.1 Å². The first-order valence-electron chi connectivity index (χ1n) is 9.18. The molecule has 0 aromatic carbocycles. The van der Waals surface area contributed by atoms with Crippen molar-refractivity contribution in [1.29, 1.82) is 0 Å². The highest BCUT2D eigenvalue weighted by Gasteiger charge is 2.63. The van der Waals surface area contributed by atoms with Crippen LogP contribution in [-0.2, 0) is 16.0 Å². The maximum absolute atomic E-state index is 13.0. The van der Waals surface area contributed by atoms with Gasteiger partial charge in [0.2, 0.25) is 5.78 Å². The molecule has 29 heavy (non-hydrogen) atoms. The van der Waals surface area contributed by atoms with E-state index in [0.29, 0.717) is 12.0 Å². The Bertz CT molecular complexity index is 1030. The molecule has 9 heteroatoms. The minimum absolute atomic E-state index is 0.0553. The summed E-state index contributed by atoms with van der Waals surface area (Å²) in [7, 11) is 3.22. The maximum Gasteiger partial charge on any atom is 0.255 e. The molecule has 3 aliphatic carbocycles. The molecule has 3 aliphatic rings. The molecule has 1 aromatic heterocycles. The van der Waals surface area contributed by atoms with E-state index in [1.807, 2.05) is 0 Å². The third-order valence-electron chi connectivity index (χ3n) is 6.26. The minimum Gasteiger partial charge on any atom is -0.510 e. The molecule has 0 fully saturated rings. The van der Waals surface area contributed by atoms with Gasteiger partial charge in [-0.2, -0.15) is 0 Å². The van der Waals surface area contributed by atoms with Crippen molar-refractivity contribution in [3.05, 3.63) is 52.3 Å². The van der Waals surface area contributed by atoms with Crippen molar-refractivity contribution in [2.24, 2.45) is 17.6 Å². The van der Waals surface area contributed by atoms with Gasteiger partial charge in [0, 0.05) is 29.4 Å². The van der Waals surface area contributed by atoms with E-state index in [2.05, 4.69) is 4.98 Å². The number of aromatic nitrogens is 1. The van der Waals surface area contributed by atoms with Crippen molar-refractivity contribution in [3.8, 4) is 0 Å². The molecule has 1 heterocycles. The number of primary amides is 1. The predicted octanol–water partition coefficient (Wildman–Crippen LogP) is -0.190. The molecule has 4 rings (SSSR count). The van der Waals surface area contributed by atoms with E-state index in [0.717, 1.165) is 5.56 Å². The molecule has 4 atom stereocenters. The first kappa shape index (κ1) is 19.3. The van der Waals surface area contributed by atoms with E-state index in [9.17, 15) is 29.7 Å². The lowest BCUT2D eigenvalue weighted by Crippen LogP contribution is -2.63. The third-order valence-corrected chi connectivity index (χ3v) is 6.26. The number of pyridine rings is 1. The van der Waals surface area contributed by atoms with E-state index in [-0.39, 0.29) is 12.0 Å². The molecule has 1 amide bonds. The standard InChI is InChI=1S/C20H21N3O6/c1-23(2)14-11-6-9-5-8-3-4-22-7-10(8)15(24)12(9)17(26)20(11,29)18(27)13(16(14)25)19(21)28/h3-4,7,9,11,14,25-26,29H,5-6H2,1-2H3,(H2,21,28)/t9-,11-,14-,20-/m0/s1. The van der Waals surface area contributed by atoms with Crippen LogP contribution >= 0.6 is 0 Å². The van der Waals surface area contributed by atoms with Gasteiger partial charge in [0.25, 0.3) is 5.91 Å². The van der Waals surface area contributed by atoms with Gasteiger partial charge in [-0.3, -0.25) is 24.3 Å². The number of carbonyl (C=O) groups is 3. The number of nitrogens with zero attached hydrogens (tertiary/aromatic N) is 2. The van der Waals surface area contributed by atoms with Gasteiger partial charge in [0.05, 0.1) is 6.04 Å². The van der Waals surface area contributed by atoms with Crippen LogP contribution in [0.5, 0.6) is 0 Å². The minimum atomic E-state index is -2.53. The second kappa shape index (κ2) is 6.23. The molecule has 0 saturated heterocycles. The quantitative estimate of drug-likeness (QED) is 0.499. The van der Waals surface area contributed by atoms with Gasteiger partial charge < -0.3 is 21.1 Å². The van der Waals surface area contributed by atoms with E-state index in [4.69, 9.17) is 5.73 Å². The normalized spacial score (nSPS) is 31.5. The summed E-state index contributed by atoms with van der Waals surface area (Å²) in [6.45, 7) is 0. The molecule has 0 saturated carbocycles. The number of amides is 1. The van der Waals surface area contributed by atoms with E-state index in [1.54, 1.807) is 31.3 Å². The fraction of sp³-hybridized carbons (Fsp3) is 0.400. The summed E-state index contributed by atoms with van der Waals surface area (Å²) in [5, 5.41) is 33.0. The van der Waals surface area contributed by atoms with Crippen LogP contribution in [0.3, 0.4) is 0 Å². The Balaban J connectivity index is 1.96. The number of nitrogens with two attached hydrogens (primary N) is 1. The number of likely N-dealkylation sites (N-methyl/N-ethyl adjacent to an activating group) is 1. The van der Waals surface area contributed by atoms with Gasteiger partial charge in [-0.25, -0.2) is 0 Å². The van der Waals surface area contributed by atoms with Crippen molar-refractivity contribution in [1.82, 2.24) is 9.88 Å². The van der Waals surface area contributed by atoms with E-state index >= 15 is 0 Å². The summed E-state index contributed by atoms with van der Waals surface area (Å²) in [5.41, 5.74) is 2.98. The highest BCUT2D eigenvalue weighted by molar-refractivity contribution is 6.24. The maximum atomic E-state index is 13.0. The highest BCUT2D eigenvalue weighted by Crippen LogP contribution is 2.51. The average molecular weight is 399 g/mol. The molecule has 0 aliphatic heterocycles. The summed E-state index contributed by atoms with van der Waals surface area (Å²) < 4.78 is 0. The van der Waals surface area contributed by atoms with Crippen molar-refractivity contribution >= 4 is 17.5 Å². The first-order chi connectivity index (χ1) is 13.6. The zero-order valence-electron chi connectivity index (χ0n) is 15.9. The number of ketones is 2. The molecular weight excluding hydrogens is 378 g/mol. The van der Waals surface area contributed by atoms with Gasteiger partial charge >= 0.3 is 0 Å². The second-order valence-corrected chi connectivity index (χ2v) is 8.00. The summed E-state index contributed by atoms with van der Waals surface area (Å²) in [4.78, 5) is 43.4. The lowest BCUT2D eigenvalue weighted by atomic mass is 9.59. The van der Waals surface area contributed by atoms with Crippen LogP contribution in [0.4, 0.5) is 0 Å². The number of aliphatic hydroxyl groups excluding tert-OH is 2. The monoisotopic (exact) mass is 399 g/mol. The molecule has 0 unspecified atom stereocenters. The molecule has 5 N–H and O–H groups in total. The molecule has 0 bridgehead atoms. The summed E-state index contributed by atoms with van der Waals surface area (Å²) in [5.74, 6) is -5.66. The Kier molecular flexibility index (Phi) is 4.14. The van der Waals surface area contributed by atoms with Crippen LogP contribution in [0.2, 0.25) is 0 Å². The number of rotatable bonds is 2. The van der Waals surface area contributed by atoms with Crippen LogP contribution < -0.4 is 5.73 Å². The van der Waals surface area contributed by atoms with Gasteiger partial charge in [-0.15, -0.1) is 0 Å². The Morgan fingerprint density at radius 2 is 2.00 bits per heavy atom. The van der Waals surface area contributed by atoms with Gasteiger partial charge in [-0.1, -0.05) is 0 Å². The predicted molar refractivity (Wildman–Crippen MR) is 99.8 cm³/mol. The zero-order valence-corrected chi connectivity index (χ0v) is 15.9. The molecule has 152 valence electrons. The second-order valence-electron chi connectivity index (χ2n) is 8.00. The number of Topliss-reactive ketones (excluding diaryl/α,β-unsaturated/α-hetero) is 2. The largest absolute Gasteiger partial charge is 0.510 e. The Labute approximate surface area is 166 Å². The summed E-state index contributed by atoms with van der Waals surface area (Å²) in [6.07, 6.45) is 3.52. The molecular formula is C20H21N3O6. The Hall–Kier alpha value is -3.04. The van der Waals surface area contributed by atoms with Crippen molar-refractivity contribution in [2.45, 2.75) is 24.5 Å². The lowest BCUT2D eigenvalue weighted by molar-refractivity contribution is -0.148. The zero-order chi connectivity index (χ0) is 21.2. The number of aliphatic hydroxyl groups is 3. The number of hydrogen-bond acceptors (Lipinski definition) is 8. The molecule has 0 spiro atoms. The highest BCUT2D eigenvalue weighted by atomic mass is 16.3. The smallest absolute Gasteiger partial charge is 0.255 e. The SMILES string of the molecule is CN(C)[C@@H]1C(O)=C(C(N)=O)C(=O)[C@@]2(O)C(O)=C3C(=O)c4cnccc4C[C@H]3C[C@@H]12. The summed E-state index contributed by atoms with van der Waals surface area (Å²) >= 11 is 0. The van der Waals surface area contributed by atoms with Crippen LogP contribution in [0, 0.1) is 11.8 Å². The average Bonchev–Trinajstić information content (AvgIpc) is 2.64. The van der Waals surface area contributed by atoms with Crippen molar-refractivity contribution in [3.63, 3.8) is 0 Å². The molecule has 9 nitrogen and oxygen atoms in total. The Morgan fingerprint density at radius 3 is 2.62 bits per heavy atom. The number of carbonyl (C=O) groups excluding carboxylic acids is 3. The van der Waals surface area contributed by atoms with Crippen LogP contribution in [0.25, 0.3) is 0 Å². The topological polar surface area (TPSA) is 154 Å². The number of allylic oxidation sites excluding steroid dienone is 1. The molecule has 0 radical (unpaired) electrons. The fourth-order valence-corrected chi connectivity index (χ4v) is 4.99. The van der Waals surface area contributed by atoms with E-state index < -0.39 is 58.0 Å². The van der Waals surface area contributed by atoms with Crippen LogP contribution in [0.15, 0.2) is 41.1 Å². The first-order valence-corrected chi connectivity index (χ1v) is 9.18. The van der Waals surface area contributed by atoms with Crippen LogP contribution in [0.1, 0.15) is 22.3 Å². The summed E-state index contributed by atoms with van der Waals surface area (Å²) in [6, 6.07) is 0.776. The third kappa shape index (κ3) is 2.41. The van der Waals surface area contributed by atoms with Crippen molar-refractivity contribution < 1.29 is 29.7 Å². The van der Waals surface area contributed by atoms with Crippen LogP contribution in [-0.4, -0.2) is 68.4 Å². The van der Waals surface area contributed by atoms with E-state index in [1.165, 1.54) is 6.20 Å². The van der Waals surface area contributed by atoms with Gasteiger partial charge in [0.15, 0.2) is 11.4 Å². The lowest BCUT2D eigenvalue weighted by Gasteiger charge is -2.50. The Morgan fingerprint density at radius 1 is 1.31 bits per heavy atom. The van der Waals surface area contributed by atoms with Gasteiger partial charge in [0.1, 0.15) is 17.1 Å². The fourth-order valence-electron chi connectivity index (χ4n) is 4.99. The molecule has 1 aromatic rings.